The van der Waals surface area contributed by atoms with Crippen LogP contribution in [0.25, 0.3) is 0 Å². The number of fused-ring (bicyclic) bond motifs is 1. The van der Waals surface area contributed by atoms with Crippen LogP contribution in [-0.2, 0) is 22.6 Å². The molecule has 1 aromatic carbocycles. The van der Waals surface area contributed by atoms with Crippen molar-refractivity contribution in [2.75, 3.05) is 26.2 Å². The van der Waals surface area contributed by atoms with Crippen LogP contribution in [-0.4, -0.2) is 62.9 Å². The molecule has 26 heavy (non-hydrogen) atoms. The van der Waals surface area contributed by atoms with Gasteiger partial charge in [0.15, 0.2) is 0 Å². The monoisotopic (exact) mass is 356 g/mol. The highest BCUT2D eigenvalue weighted by Gasteiger charge is 2.29. The minimum Gasteiger partial charge on any atom is -0.448 e. The molecule has 8 heteroatoms. The van der Waals surface area contributed by atoms with Crippen LogP contribution in [0.15, 0.2) is 36.4 Å². The molecule has 4 rings (SSSR count). The molecule has 2 aliphatic heterocycles. The van der Waals surface area contributed by atoms with Gasteiger partial charge in [-0.3, -0.25) is 14.4 Å². The number of hydrogen-bond acceptors (Lipinski definition) is 5. The molecule has 1 N–H and O–H groups in total. The summed E-state index contributed by atoms with van der Waals surface area (Å²) in [4.78, 5) is 27.1. The van der Waals surface area contributed by atoms with E-state index in [1.165, 1.54) is 4.90 Å². The molecule has 2 aromatic rings. The molecule has 0 saturated carbocycles. The molecule has 8 nitrogen and oxygen atoms in total. The Kier molecular flexibility index (Phi) is 4.34. The lowest BCUT2D eigenvalue weighted by atomic mass is 10.1. The van der Waals surface area contributed by atoms with E-state index in [2.05, 4.69) is 5.10 Å². The van der Waals surface area contributed by atoms with Crippen molar-refractivity contribution >= 4 is 12.0 Å². The molecular weight excluding hydrogens is 336 g/mol. The lowest BCUT2D eigenvalue weighted by Gasteiger charge is -2.28. The van der Waals surface area contributed by atoms with Gasteiger partial charge in [-0.05, 0) is 11.6 Å². The molecule has 2 amide bonds. The molecule has 0 unspecified atom stereocenters. The zero-order chi connectivity index (χ0) is 18.1. The number of nitrogens with zero attached hydrogens (tertiary/aromatic N) is 4. The van der Waals surface area contributed by atoms with Crippen LogP contribution in [0.4, 0.5) is 4.79 Å². The topological polar surface area (TPSA) is 87.9 Å². The summed E-state index contributed by atoms with van der Waals surface area (Å²) in [6, 6.07) is 11.2. The largest absolute Gasteiger partial charge is 0.448 e. The summed E-state index contributed by atoms with van der Waals surface area (Å²) in [5.74, 6) is -0.110. The summed E-state index contributed by atoms with van der Waals surface area (Å²) in [7, 11) is 0. The Bertz CT molecular complexity index is 820. The van der Waals surface area contributed by atoms with E-state index in [1.54, 1.807) is 4.90 Å². The molecule has 1 saturated heterocycles. The van der Waals surface area contributed by atoms with Gasteiger partial charge in [-0.1, -0.05) is 30.3 Å². The molecule has 1 aromatic heterocycles. The Morgan fingerprint density at radius 1 is 1.23 bits per heavy atom. The Morgan fingerprint density at radius 3 is 2.77 bits per heavy atom. The van der Waals surface area contributed by atoms with Crippen molar-refractivity contribution < 1.29 is 19.4 Å². The van der Waals surface area contributed by atoms with Crippen LogP contribution in [0, 0.1) is 0 Å². The Balaban J connectivity index is 1.45. The number of carbonyl (C=O) groups excluding carboxylic acids is 2. The third-order valence-electron chi connectivity index (χ3n) is 4.74. The number of aliphatic hydroxyl groups is 1. The molecular formula is C18H20N4O4. The summed E-state index contributed by atoms with van der Waals surface area (Å²) in [6.45, 7) is 2.32. The van der Waals surface area contributed by atoms with E-state index in [1.807, 2.05) is 41.1 Å². The maximum Gasteiger partial charge on any atom is 0.410 e. The molecule has 2 aliphatic rings. The summed E-state index contributed by atoms with van der Waals surface area (Å²) >= 11 is 0. The second kappa shape index (κ2) is 6.80. The Hall–Kier alpha value is -2.87. The standard InChI is InChI=1S/C18H20N4O4/c23-16(12-21-8-9-26-18(21)25)20-6-7-22-14(11-20)10-15(19-22)17(24)13-4-2-1-3-5-13/h1-5,10,17,24H,6-9,11-12H2/t17-/m1/s1. The van der Waals surface area contributed by atoms with Gasteiger partial charge in [-0.25, -0.2) is 4.79 Å². The summed E-state index contributed by atoms with van der Waals surface area (Å²) < 4.78 is 6.68. The molecule has 0 spiro atoms. The first-order valence-electron chi connectivity index (χ1n) is 8.61. The van der Waals surface area contributed by atoms with Crippen LogP contribution >= 0.6 is 0 Å². The highest BCUT2D eigenvalue weighted by Crippen LogP contribution is 2.23. The predicted octanol–water partition coefficient (Wildman–Crippen LogP) is 0.759. The number of aromatic nitrogens is 2. The number of hydrogen-bond donors (Lipinski definition) is 1. The number of rotatable bonds is 4. The number of aliphatic hydroxyl groups excluding tert-OH is 1. The van der Waals surface area contributed by atoms with Crippen LogP contribution in [0.2, 0.25) is 0 Å². The number of amides is 2. The molecule has 3 heterocycles. The van der Waals surface area contributed by atoms with Gasteiger partial charge in [0.25, 0.3) is 0 Å². The maximum atomic E-state index is 12.5. The first kappa shape index (κ1) is 16.6. The third-order valence-corrected chi connectivity index (χ3v) is 4.74. The zero-order valence-corrected chi connectivity index (χ0v) is 14.2. The van der Waals surface area contributed by atoms with Crippen molar-refractivity contribution in [3.63, 3.8) is 0 Å². The van der Waals surface area contributed by atoms with E-state index in [9.17, 15) is 14.7 Å². The van der Waals surface area contributed by atoms with Gasteiger partial charge in [0.05, 0.1) is 31.0 Å². The van der Waals surface area contributed by atoms with E-state index in [4.69, 9.17) is 4.74 Å². The fourth-order valence-corrected chi connectivity index (χ4v) is 3.27. The average molecular weight is 356 g/mol. The molecule has 0 radical (unpaired) electrons. The normalized spacial score (nSPS) is 17.8. The SMILES string of the molecule is O=C(CN1CCOC1=O)N1CCn2nc([C@H](O)c3ccccc3)cc2C1. The predicted molar refractivity (Wildman–Crippen MR) is 91.1 cm³/mol. The van der Waals surface area contributed by atoms with Crippen molar-refractivity contribution in [2.45, 2.75) is 19.2 Å². The zero-order valence-electron chi connectivity index (χ0n) is 14.2. The van der Waals surface area contributed by atoms with Gasteiger partial charge in [0.1, 0.15) is 19.3 Å². The van der Waals surface area contributed by atoms with Crippen LogP contribution < -0.4 is 0 Å². The molecule has 136 valence electrons. The lowest BCUT2D eigenvalue weighted by Crippen LogP contribution is -2.44. The first-order chi connectivity index (χ1) is 12.6. The fourth-order valence-electron chi connectivity index (χ4n) is 3.27. The van der Waals surface area contributed by atoms with Crippen LogP contribution in [0.3, 0.4) is 0 Å². The highest BCUT2D eigenvalue weighted by atomic mass is 16.6. The van der Waals surface area contributed by atoms with Gasteiger partial charge in [0.2, 0.25) is 5.91 Å². The van der Waals surface area contributed by atoms with Crippen molar-refractivity contribution in [3.05, 3.63) is 53.3 Å². The van der Waals surface area contributed by atoms with Gasteiger partial charge in [-0.2, -0.15) is 5.10 Å². The molecule has 0 aliphatic carbocycles. The highest BCUT2D eigenvalue weighted by molar-refractivity contribution is 5.83. The second-order valence-corrected chi connectivity index (χ2v) is 6.45. The van der Waals surface area contributed by atoms with Gasteiger partial charge >= 0.3 is 6.09 Å². The summed E-state index contributed by atoms with van der Waals surface area (Å²) in [6.07, 6.45) is -1.23. The maximum absolute atomic E-state index is 12.5. The van der Waals surface area contributed by atoms with Gasteiger partial charge in [0, 0.05) is 6.54 Å². The molecule has 1 atom stereocenters. The number of carbonyl (C=O) groups is 2. The van der Waals surface area contributed by atoms with Crippen molar-refractivity contribution in [1.82, 2.24) is 19.6 Å². The first-order valence-corrected chi connectivity index (χ1v) is 8.61. The minimum atomic E-state index is -0.794. The number of benzene rings is 1. The van der Waals surface area contributed by atoms with Crippen molar-refractivity contribution in [2.24, 2.45) is 0 Å². The number of ether oxygens (including phenoxy) is 1. The van der Waals surface area contributed by atoms with Gasteiger partial charge in [-0.15, -0.1) is 0 Å². The van der Waals surface area contributed by atoms with E-state index in [0.29, 0.717) is 38.5 Å². The Morgan fingerprint density at radius 2 is 2.04 bits per heavy atom. The van der Waals surface area contributed by atoms with E-state index >= 15 is 0 Å². The quantitative estimate of drug-likeness (QED) is 0.874. The van der Waals surface area contributed by atoms with Crippen LogP contribution in [0.1, 0.15) is 23.1 Å². The second-order valence-electron chi connectivity index (χ2n) is 6.45. The van der Waals surface area contributed by atoms with Crippen LogP contribution in [0.5, 0.6) is 0 Å². The minimum absolute atomic E-state index is 0.0342. The van der Waals surface area contributed by atoms with E-state index in [-0.39, 0.29) is 12.5 Å². The summed E-state index contributed by atoms with van der Waals surface area (Å²) in [5, 5.41) is 15.0. The lowest BCUT2D eigenvalue weighted by molar-refractivity contribution is -0.133. The number of cyclic esters (lactones) is 1. The van der Waals surface area contributed by atoms with Crippen molar-refractivity contribution in [1.29, 1.82) is 0 Å². The van der Waals surface area contributed by atoms with Crippen molar-refractivity contribution in [3.8, 4) is 0 Å². The summed E-state index contributed by atoms with van der Waals surface area (Å²) in [5.41, 5.74) is 2.23. The molecule has 1 fully saturated rings. The van der Waals surface area contributed by atoms with E-state index < -0.39 is 12.2 Å². The van der Waals surface area contributed by atoms with E-state index in [0.717, 1.165) is 11.3 Å². The smallest absolute Gasteiger partial charge is 0.410 e. The average Bonchev–Trinajstić information content (AvgIpc) is 3.27. The fraction of sp³-hybridized carbons (Fsp3) is 0.389. The third kappa shape index (κ3) is 3.15. The molecule has 0 bridgehead atoms. The van der Waals surface area contributed by atoms with Gasteiger partial charge < -0.3 is 14.7 Å². The Labute approximate surface area is 150 Å².